The van der Waals surface area contributed by atoms with Crippen molar-refractivity contribution in [2.45, 2.75) is 39.3 Å². The van der Waals surface area contributed by atoms with E-state index in [0.717, 1.165) is 54.9 Å². The van der Waals surface area contributed by atoms with E-state index in [1.165, 1.54) is 28.2 Å². The summed E-state index contributed by atoms with van der Waals surface area (Å²) in [6.07, 6.45) is 2.86. The number of nitrogens with zero attached hydrogens (tertiary/aromatic N) is 4. The third-order valence-corrected chi connectivity index (χ3v) is 8.31. The van der Waals surface area contributed by atoms with Crippen LogP contribution in [-0.4, -0.2) is 41.0 Å². The predicted molar refractivity (Wildman–Crippen MR) is 162 cm³/mol. The van der Waals surface area contributed by atoms with Gasteiger partial charge in [0.2, 0.25) is 0 Å². The Hall–Kier alpha value is -3.68. The lowest BCUT2D eigenvalue weighted by molar-refractivity contribution is 0.122. The molecule has 2 aromatic heterocycles. The molecule has 6 nitrogen and oxygen atoms in total. The number of anilines is 2. The Bertz CT molecular complexity index is 1440. The van der Waals surface area contributed by atoms with Crippen LogP contribution >= 0.6 is 12.2 Å². The van der Waals surface area contributed by atoms with Crippen LogP contribution in [0.15, 0.2) is 79.0 Å². The number of benzene rings is 2. The number of hydrogen-bond donors (Lipinski definition) is 1. The third kappa shape index (κ3) is 4.81. The average molecular weight is 538 g/mol. The van der Waals surface area contributed by atoms with Gasteiger partial charge in [0, 0.05) is 47.7 Å². The van der Waals surface area contributed by atoms with E-state index in [4.69, 9.17) is 21.9 Å². The summed E-state index contributed by atoms with van der Waals surface area (Å²) in [5, 5.41) is 4.33. The molecule has 0 unspecified atom stereocenters. The highest BCUT2D eigenvalue weighted by Gasteiger charge is 2.42. The summed E-state index contributed by atoms with van der Waals surface area (Å²) in [4.78, 5) is 9.38. The fourth-order valence-electron chi connectivity index (χ4n) is 5.96. The van der Waals surface area contributed by atoms with E-state index in [0.29, 0.717) is 0 Å². The van der Waals surface area contributed by atoms with Crippen LogP contribution in [0, 0.1) is 13.8 Å². The van der Waals surface area contributed by atoms with Crippen molar-refractivity contribution in [3.63, 3.8) is 0 Å². The minimum absolute atomic E-state index is 0.0348. The van der Waals surface area contributed by atoms with Gasteiger partial charge in [0.15, 0.2) is 5.11 Å². The van der Waals surface area contributed by atoms with Crippen molar-refractivity contribution in [3.8, 4) is 5.69 Å². The van der Waals surface area contributed by atoms with Gasteiger partial charge in [0.1, 0.15) is 0 Å². The lowest BCUT2D eigenvalue weighted by Gasteiger charge is -2.29. The Labute approximate surface area is 236 Å². The van der Waals surface area contributed by atoms with Crippen LogP contribution in [0.3, 0.4) is 0 Å². The Morgan fingerprint density at radius 1 is 0.923 bits per heavy atom. The van der Waals surface area contributed by atoms with E-state index < -0.39 is 0 Å². The maximum Gasteiger partial charge on any atom is 0.174 e. The maximum atomic E-state index is 5.96. The lowest BCUT2D eigenvalue weighted by atomic mass is 9.96. The number of morpholine rings is 1. The summed E-state index contributed by atoms with van der Waals surface area (Å²) in [6, 6.07) is 26.0. The number of aromatic nitrogens is 2. The molecule has 39 heavy (non-hydrogen) atoms. The summed E-state index contributed by atoms with van der Waals surface area (Å²) in [7, 11) is 0. The summed E-state index contributed by atoms with van der Waals surface area (Å²) >= 11 is 5.96. The van der Waals surface area contributed by atoms with Crippen LogP contribution in [0.2, 0.25) is 0 Å². The molecule has 0 spiro atoms. The Balaban J connectivity index is 1.41. The van der Waals surface area contributed by atoms with Crippen molar-refractivity contribution < 1.29 is 4.74 Å². The van der Waals surface area contributed by atoms with E-state index >= 15 is 0 Å². The highest BCUT2D eigenvalue weighted by molar-refractivity contribution is 7.80. The lowest BCUT2D eigenvalue weighted by Crippen LogP contribution is -2.36. The SMILES string of the molecule is CCc1ccc(N2C(=S)N[C@@H](c3ccccn3)[C@@H]2c2cc(C)n(-c3ccc(N4CCOCC4)cc3)c2C)cc1. The van der Waals surface area contributed by atoms with Crippen molar-refractivity contribution in [1.29, 1.82) is 0 Å². The molecule has 0 saturated carbocycles. The van der Waals surface area contributed by atoms with Crippen molar-refractivity contribution in [1.82, 2.24) is 14.9 Å². The maximum absolute atomic E-state index is 5.96. The monoisotopic (exact) mass is 537 g/mol. The minimum atomic E-state index is -0.0674. The topological polar surface area (TPSA) is 45.6 Å². The van der Waals surface area contributed by atoms with Gasteiger partial charge in [-0.25, -0.2) is 0 Å². The molecule has 2 fully saturated rings. The highest BCUT2D eigenvalue weighted by Crippen LogP contribution is 2.43. The van der Waals surface area contributed by atoms with Crippen molar-refractivity contribution >= 4 is 28.7 Å². The average Bonchev–Trinajstić information content (AvgIpc) is 3.48. The summed E-state index contributed by atoms with van der Waals surface area (Å²) < 4.78 is 7.88. The molecular formula is C32H35N5OS. The largest absolute Gasteiger partial charge is 0.378 e. The number of rotatable bonds is 6. The van der Waals surface area contributed by atoms with Crippen LogP contribution in [0.4, 0.5) is 11.4 Å². The van der Waals surface area contributed by atoms with Gasteiger partial charge in [-0.05, 0) is 98.2 Å². The minimum Gasteiger partial charge on any atom is -0.378 e. The van der Waals surface area contributed by atoms with Gasteiger partial charge in [0.05, 0.1) is 31.0 Å². The van der Waals surface area contributed by atoms with E-state index in [-0.39, 0.29) is 12.1 Å². The Morgan fingerprint density at radius 3 is 2.28 bits per heavy atom. The van der Waals surface area contributed by atoms with E-state index in [2.05, 4.69) is 101 Å². The predicted octanol–water partition coefficient (Wildman–Crippen LogP) is 6.07. The van der Waals surface area contributed by atoms with Gasteiger partial charge < -0.3 is 24.4 Å². The van der Waals surface area contributed by atoms with Crippen LogP contribution in [0.25, 0.3) is 5.69 Å². The summed E-state index contributed by atoms with van der Waals surface area (Å²) in [5.74, 6) is 0. The highest BCUT2D eigenvalue weighted by atomic mass is 32.1. The van der Waals surface area contributed by atoms with Crippen LogP contribution in [0.5, 0.6) is 0 Å². The first-order valence-electron chi connectivity index (χ1n) is 13.8. The fourth-order valence-corrected chi connectivity index (χ4v) is 6.31. The molecule has 2 saturated heterocycles. The van der Waals surface area contributed by atoms with Crippen molar-refractivity contribution in [2.75, 3.05) is 36.1 Å². The number of ether oxygens (including phenoxy) is 1. The van der Waals surface area contributed by atoms with Crippen molar-refractivity contribution in [2.24, 2.45) is 0 Å². The van der Waals surface area contributed by atoms with Crippen LogP contribution in [-0.2, 0) is 11.2 Å². The van der Waals surface area contributed by atoms with Crippen LogP contribution < -0.4 is 15.1 Å². The standard InChI is InChI=1S/C32H35N5OS/c1-4-24-8-10-27(11-9-24)37-31(30(34-32(37)39)29-7-5-6-16-33-29)28-21-22(2)36(23(28)3)26-14-12-25(13-15-26)35-17-19-38-20-18-35/h5-16,21,30-31H,4,17-20H2,1-3H3,(H,34,39)/t30-,31-/m0/s1. The third-order valence-electron chi connectivity index (χ3n) is 7.99. The summed E-state index contributed by atoms with van der Waals surface area (Å²) in [6.45, 7) is 10.0. The smallest absolute Gasteiger partial charge is 0.174 e. The number of thiocarbonyl (C=S) groups is 1. The number of aryl methyl sites for hydroxylation is 2. The first-order valence-corrected chi connectivity index (χ1v) is 14.2. The first-order chi connectivity index (χ1) is 19.0. The van der Waals surface area contributed by atoms with Crippen molar-refractivity contribution in [3.05, 3.63) is 107 Å². The first kappa shape index (κ1) is 25.6. The van der Waals surface area contributed by atoms with E-state index in [9.17, 15) is 0 Å². The molecule has 4 aromatic rings. The molecule has 0 aliphatic carbocycles. The molecule has 4 heterocycles. The zero-order valence-corrected chi connectivity index (χ0v) is 23.6. The van der Waals surface area contributed by atoms with Gasteiger partial charge in [-0.1, -0.05) is 25.1 Å². The fraction of sp³-hybridized carbons (Fsp3) is 0.312. The number of nitrogens with one attached hydrogen (secondary N) is 1. The van der Waals surface area contributed by atoms with Gasteiger partial charge in [-0.2, -0.15) is 0 Å². The Kier molecular flexibility index (Phi) is 7.11. The van der Waals surface area contributed by atoms with E-state index in [1.807, 2.05) is 18.3 Å². The number of hydrogen-bond acceptors (Lipinski definition) is 4. The van der Waals surface area contributed by atoms with Gasteiger partial charge in [0.25, 0.3) is 0 Å². The van der Waals surface area contributed by atoms with Gasteiger partial charge in [-0.3, -0.25) is 4.98 Å². The van der Waals surface area contributed by atoms with E-state index in [1.54, 1.807) is 0 Å². The zero-order valence-electron chi connectivity index (χ0n) is 22.8. The molecule has 2 atom stereocenters. The quantitative estimate of drug-likeness (QED) is 0.302. The van der Waals surface area contributed by atoms with Crippen LogP contribution in [0.1, 0.15) is 47.2 Å². The molecular weight excluding hydrogens is 502 g/mol. The van der Waals surface area contributed by atoms with Gasteiger partial charge in [-0.15, -0.1) is 0 Å². The normalized spacial score (nSPS) is 19.4. The number of pyridine rings is 1. The second kappa shape index (κ2) is 10.8. The molecule has 2 aliphatic rings. The molecule has 200 valence electrons. The Morgan fingerprint density at radius 2 is 1.62 bits per heavy atom. The molecule has 1 N–H and O–H groups in total. The second-order valence-corrected chi connectivity index (χ2v) is 10.7. The molecule has 0 radical (unpaired) electrons. The molecule has 6 rings (SSSR count). The zero-order chi connectivity index (χ0) is 26.9. The van der Waals surface area contributed by atoms with Gasteiger partial charge >= 0.3 is 0 Å². The summed E-state index contributed by atoms with van der Waals surface area (Å²) in [5.41, 5.74) is 9.44. The molecule has 0 bridgehead atoms. The molecule has 2 aromatic carbocycles. The molecule has 2 aliphatic heterocycles. The molecule has 7 heteroatoms. The second-order valence-electron chi connectivity index (χ2n) is 10.3. The molecule has 0 amide bonds.